The Bertz CT molecular complexity index is 849. The normalized spacial score (nSPS) is 10.9. The molecule has 0 bridgehead atoms. The number of nitrogens with one attached hydrogen (secondary N) is 1. The molecule has 3 aromatic rings. The molecule has 2 aromatic carbocycles. The third-order valence-corrected chi connectivity index (χ3v) is 3.75. The maximum absolute atomic E-state index is 11.8. The lowest BCUT2D eigenvalue weighted by atomic mass is 10.1. The van der Waals surface area contributed by atoms with Crippen molar-refractivity contribution in [3.63, 3.8) is 0 Å². The Morgan fingerprint density at radius 1 is 1.04 bits per heavy atom. The van der Waals surface area contributed by atoms with Crippen LogP contribution in [0.15, 0.2) is 53.1 Å². The van der Waals surface area contributed by atoms with E-state index in [1.54, 1.807) is 0 Å². The third kappa shape index (κ3) is 4.32. The number of nitrogens with zero attached hydrogens (tertiary/aromatic N) is 2. The quantitative estimate of drug-likeness (QED) is 0.734. The summed E-state index contributed by atoms with van der Waals surface area (Å²) in [5, 5.41) is 6.92. The number of hydrogen-bond donors (Lipinski definition) is 1. The molecule has 0 aliphatic carbocycles. The van der Waals surface area contributed by atoms with Crippen molar-refractivity contribution in [1.82, 2.24) is 10.1 Å². The number of carbonyl (C=O) groups is 1. The molecule has 1 heterocycles. The zero-order valence-electron chi connectivity index (χ0n) is 14.6. The van der Waals surface area contributed by atoms with Crippen LogP contribution in [0.2, 0.25) is 0 Å². The molecule has 0 saturated heterocycles. The van der Waals surface area contributed by atoms with Crippen molar-refractivity contribution in [2.45, 2.75) is 27.2 Å². The molecule has 1 amide bonds. The lowest BCUT2D eigenvalue weighted by Gasteiger charge is -2.07. The van der Waals surface area contributed by atoms with E-state index in [4.69, 9.17) is 4.52 Å². The average molecular weight is 335 g/mol. The number of aryl methyl sites for hydroxylation is 1. The van der Waals surface area contributed by atoms with Gasteiger partial charge in [0.2, 0.25) is 11.7 Å². The molecule has 0 fully saturated rings. The highest BCUT2D eigenvalue weighted by Crippen LogP contribution is 2.23. The minimum Gasteiger partial charge on any atom is -0.334 e. The smallest absolute Gasteiger partial charge is 0.258 e. The molecule has 1 aromatic heterocycles. The molecule has 0 radical (unpaired) electrons. The van der Waals surface area contributed by atoms with Gasteiger partial charge in [-0.25, -0.2) is 0 Å². The van der Waals surface area contributed by atoms with Gasteiger partial charge in [0.25, 0.3) is 5.89 Å². The first-order valence-electron chi connectivity index (χ1n) is 8.32. The van der Waals surface area contributed by atoms with Gasteiger partial charge in [-0.3, -0.25) is 4.79 Å². The number of benzene rings is 2. The fourth-order valence-electron chi connectivity index (χ4n) is 2.44. The van der Waals surface area contributed by atoms with Crippen LogP contribution in [0.4, 0.5) is 5.69 Å². The van der Waals surface area contributed by atoms with Crippen LogP contribution in [-0.4, -0.2) is 16.0 Å². The van der Waals surface area contributed by atoms with Crippen LogP contribution in [-0.2, 0) is 4.79 Å². The number of rotatable bonds is 5. The number of amides is 1. The molecular weight excluding hydrogens is 314 g/mol. The molecule has 0 saturated carbocycles. The van der Waals surface area contributed by atoms with Crippen LogP contribution in [0.3, 0.4) is 0 Å². The first-order valence-corrected chi connectivity index (χ1v) is 8.32. The van der Waals surface area contributed by atoms with Crippen molar-refractivity contribution >= 4 is 11.6 Å². The van der Waals surface area contributed by atoms with Crippen LogP contribution in [0, 0.1) is 12.8 Å². The molecule has 0 atom stereocenters. The lowest BCUT2D eigenvalue weighted by molar-refractivity contribution is -0.116. The fraction of sp³-hybridized carbons (Fsp3) is 0.250. The summed E-state index contributed by atoms with van der Waals surface area (Å²) in [6.07, 6.45) is 0.505. The number of aromatic nitrogens is 2. The maximum Gasteiger partial charge on any atom is 0.258 e. The first-order chi connectivity index (χ1) is 12.0. The lowest BCUT2D eigenvalue weighted by Crippen LogP contribution is -2.13. The Hall–Kier alpha value is -2.95. The SMILES string of the molecule is Cc1ccc(-c2noc(-c3ccc(NC(=O)CC(C)C)cc3)n2)cc1. The predicted molar refractivity (Wildman–Crippen MR) is 98.0 cm³/mol. The van der Waals surface area contributed by atoms with Crippen LogP contribution >= 0.6 is 0 Å². The molecule has 0 unspecified atom stereocenters. The van der Waals surface area contributed by atoms with Crippen LogP contribution < -0.4 is 5.32 Å². The molecule has 5 nitrogen and oxygen atoms in total. The number of carbonyl (C=O) groups excluding carboxylic acids is 1. The van der Waals surface area contributed by atoms with Crippen molar-refractivity contribution in [2.24, 2.45) is 5.92 Å². The summed E-state index contributed by atoms with van der Waals surface area (Å²) in [7, 11) is 0. The molecule has 128 valence electrons. The second kappa shape index (κ2) is 7.30. The highest BCUT2D eigenvalue weighted by Gasteiger charge is 2.11. The van der Waals surface area contributed by atoms with E-state index in [1.165, 1.54) is 5.56 Å². The molecule has 5 heteroatoms. The van der Waals surface area contributed by atoms with E-state index in [9.17, 15) is 4.79 Å². The summed E-state index contributed by atoms with van der Waals surface area (Å²) < 4.78 is 5.36. The average Bonchev–Trinajstić information content (AvgIpc) is 3.05. The van der Waals surface area contributed by atoms with Crippen molar-refractivity contribution in [1.29, 1.82) is 0 Å². The molecule has 0 spiro atoms. The Kier molecular flexibility index (Phi) is 4.93. The van der Waals surface area contributed by atoms with E-state index in [1.807, 2.05) is 69.3 Å². The van der Waals surface area contributed by atoms with Crippen LogP contribution in [0.1, 0.15) is 25.8 Å². The van der Waals surface area contributed by atoms with Crippen molar-refractivity contribution < 1.29 is 9.32 Å². The van der Waals surface area contributed by atoms with Crippen molar-refractivity contribution in [2.75, 3.05) is 5.32 Å². The van der Waals surface area contributed by atoms with E-state index in [0.717, 1.165) is 16.8 Å². The second-order valence-corrected chi connectivity index (χ2v) is 6.51. The van der Waals surface area contributed by atoms with E-state index >= 15 is 0 Å². The van der Waals surface area contributed by atoms with E-state index in [-0.39, 0.29) is 5.91 Å². The summed E-state index contributed by atoms with van der Waals surface area (Å²) in [4.78, 5) is 16.3. The van der Waals surface area contributed by atoms with E-state index in [0.29, 0.717) is 24.1 Å². The van der Waals surface area contributed by atoms with Crippen LogP contribution in [0.5, 0.6) is 0 Å². The third-order valence-electron chi connectivity index (χ3n) is 3.75. The van der Waals surface area contributed by atoms with Crippen molar-refractivity contribution in [3.8, 4) is 22.8 Å². The first kappa shape index (κ1) is 16.9. The summed E-state index contributed by atoms with van der Waals surface area (Å²) in [5.74, 6) is 1.36. The van der Waals surface area contributed by atoms with Gasteiger partial charge in [0.05, 0.1) is 0 Å². The summed E-state index contributed by atoms with van der Waals surface area (Å²) in [6.45, 7) is 6.07. The topological polar surface area (TPSA) is 68.0 Å². The Morgan fingerprint density at radius 2 is 1.68 bits per heavy atom. The largest absolute Gasteiger partial charge is 0.334 e. The highest BCUT2D eigenvalue weighted by atomic mass is 16.5. The zero-order valence-corrected chi connectivity index (χ0v) is 14.6. The summed E-state index contributed by atoms with van der Waals surface area (Å²) in [5.41, 5.74) is 3.67. The van der Waals surface area contributed by atoms with Gasteiger partial charge < -0.3 is 9.84 Å². The molecule has 3 rings (SSSR count). The zero-order chi connectivity index (χ0) is 17.8. The van der Waals surface area contributed by atoms with Crippen molar-refractivity contribution in [3.05, 3.63) is 54.1 Å². The Morgan fingerprint density at radius 3 is 2.32 bits per heavy atom. The van der Waals surface area contributed by atoms with Gasteiger partial charge in [0.1, 0.15) is 0 Å². The number of anilines is 1. The molecular formula is C20H21N3O2. The van der Waals surface area contributed by atoms with Gasteiger partial charge in [-0.15, -0.1) is 0 Å². The molecule has 0 aliphatic rings. The number of hydrogen-bond acceptors (Lipinski definition) is 4. The molecule has 1 N–H and O–H groups in total. The maximum atomic E-state index is 11.8. The highest BCUT2D eigenvalue weighted by molar-refractivity contribution is 5.91. The van der Waals surface area contributed by atoms with Gasteiger partial charge in [-0.1, -0.05) is 48.8 Å². The molecule has 0 aliphatic heterocycles. The minimum atomic E-state index is 0.0159. The van der Waals surface area contributed by atoms with Gasteiger partial charge >= 0.3 is 0 Å². The Labute approximate surface area is 147 Å². The molecule has 25 heavy (non-hydrogen) atoms. The fourth-order valence-corrected chi connectivity index (χ4v) is 2.44. The minimum absolute atomic E-state index is 0.0159. The van der Waals surface area contributed by atoms with Gasteiger partial charge in [0.15, 0.2) is 0 Å². The summed E-state index contributed by atoms with van der Waals surface area (Å²) in [6, 6.07) is 15.4. The second-order valence-electron chi connectivity index (χ2n) is 6.51. The van der Waals surface area contributed by atoms with Crippen LogP contribution in [0.25, 0.3) is 22.8 Å². The predicted octanol–water partition coefficient (Wildman–Crippen LogP) is 4.70. The van der Waals surface area contributed by atoms with Gasteiger partial charge in [-0.05, 0) is 37.1 Å². The summed E-state index contributed by atoms with van der Waals surface area (Å²) >= 11 is 0. The van der Waals surface area contributed by atoms with Gasteiger partial charge in [-0.2, -0.15) is 4.98 Å². The standard InChI is InChI=1S/C20H21N3O2/c1-13(2)12-18(24)21-17-10-8-16(9-11-17)20-22-19(23-25-20)15-6-4-14(3)5-7-15/h4-11,13H,12H2,1-3H3,(H,21,24). The monoisotopic (exact) mass is 335 g/mol. The van der Waals surface area contributed by atoms with E-state index in [2.05, 4.69) is 15.5 Å². The van der Waals surface area contributed by atoms with Gasteiger partial charge in [0, 0.05) is 23.2 Å². The Balaban J connectivity index is 1.72. The van der Waals surface area contributed by atoms with E-state index < -0.39 is 0 Å².